The minimum absolute atomic E-state index is 0.0214. The van der Waals surface area contributed by atoms with E-state index in [1.807, 2.05) is 21.7 Å². The molecule has 2 aromatic heterocycles. The van der Waals surface area contributed by atoms with Crippen molar-refractivity contribution in [1.82, 2.24) is 25.1 Å². The van der Waals surface area contributed by atoms with Gasteiger partial charge in [-0.25, -0.2) is 9.78 Å². The number of nitrogens with one attached hydrogen (secondary N) is 2. The van der Waals surface area contributed by atoms with Gasteiger partial charge in [-0.2, -0.15) is 11.3 Å². The fourth-order valence-electron chi connectivity index (χ4n) is 3.89. The number of carbonyl (C=O) groups is 2. The van der Waals surface area contributed by atoms with Crippen molar-refractivity contribution in [2.75, 3.05) is 19.6 Å². The number of nitrogens with zero attached hydrogens (tertiary/aromatic N) is 3. The molecule has 0 aromatic carbocycles. The highest BCUT2D eigenvalue weighted by molar-refractivity contribution is 7.08. The first kappa shape index (κ1) is 19.0. The summed E-state index contributed by atoms with van der Waals surface area (Å²) in [5.74, 6) is 1.16. The Hall–Kier alpha value is -2.35. The molecule has 1 fully saturated rings. The third-order valence-electron chi connectivity index (χ3n) is 5.52. The molecular formula is C20H27N5O2S. The van der Waals surface area contributed by atoms with Crippen LogP contribution in [0, 0.1) is 0 Å². The fourth-order valence-corrected chi connectivity index (χ4v) is 4.53. The molecule has 0 bridgehead atoms. The van der Waals surface area contributed by atoms with Gasteiger partial charge in [-0.1, -0.05) is 0 Å². The number of rotatable bonds is 5. The quantitative estimate of drug-likeness (QED) is 0.808. The van der Waals surface area contributed by atoms with Gasteiger partial charge < -0.3 is 20.1 Å². The van der Waals surface area contributed by atoms with Gasteiger partial charge in [-0.05, 0) is 37.1 Å². The van der Waals surface area contributed by atoms with Crippen molar-refractivity contribution in [2.24, 2.45) is 0 Å². The molecule has 28 heavy (non-hydrogen) atoms. The molecule has 8 heteroatoms. The highest BCUT2D eigenvalue weighted by Gasteiger charge is 2.24. The number of hydrogen-bond donors (Lipinski definition) is 2. The highest BCUT2D eigenvalue weighted by Crippen LogP contribution is 2.15. The summed E-state index contributed by atoms with van der Waals surface area (Å²) in [6.45, 7) is 3.00. The number of likely N-dealkylation sites (tertiary alicyclic amines) is 1. The van der Waals surface area contributed by atoms with Crippen molar-refractivity contribution in [1.29, 1.82) is 0 Å². The molecule has 0 saturated carbocycles. The van der Waals surface area contributed by atoms with Crippen LogP contribution in [-0.4, -0.2) is 52.1 Å². The Morgan fingerprint density at radius 1 is 1.21 bits per heavy atom. The fraction of sp³-hybridized carbons (Fsp3) is 0.550. The van der Waals surface area contributed by atoms with Crippen LogP contribution >= 0.6 is 11.3 Å². The molecule has 0 unspecified atom stereocenters. The standard InChI is InChI=1S/C20H27N5O2S/c26-19(15-7-12-28-14-15)23-16-5-10-24(11-6-16)20(27)21-8-4-17-13-25-9-2-1-3-18(25)22-17/h7,12-14,16H,1-6,8-11H2,(H,21,27)(H,23,26). The molecular weight excluding hydrogens is 374 g/mol. The van der Waals surface area contributed by atoms with Gasteiger partial charge in [0.05, 0.1) is 5.69 Å². The molecule has 7 nitrogen and oxygen atoms in total. The van der Waals surface area contributed by atoms with Crippen LogP contribution in [0.5, 0.6) is 0 Å². The number of piperidine rings is 1. The van der Waals surface area contributed by atoms with Crippen LogP contribution in [0.1, 0.15) is 47.6 Å². The Kier molecular flexibility index (Phi) is 5.95. The lowest BCUT2D eigenvalue weighted by atomic mass is 10.0. The molecule has 2 aliphatic rings. The van der Waals surface area contributed by atoms with Crippen molar-refractivity contribution < 1.29 is 9.59 Å². The number of carbonyl (C=O) groups excluding carboxylic acids is 2. The van der Waals surface area contributed by atoms with Gasteiger partial charge in [0.1, 0.15) is 5.82 Å². The summed E-state index contributed by atoms with van der Waals surface area (Å²) < 4.78 is 2.25. The third-order valence-corrected chi connectivity index (χ3v) is 6.20. The second kappa shape index (κ2) is 8.77. The smallest absolute Gasteiger partial charge is 0.317 e. The molecule has 4 rings (SSSR count). The Balaban J connectivity index is 1.17. The van der Waals surface area contributed by atoms with Gasteiger partial charge in [0, 0.05) is 62.2 Å². The number of aromatic nitrogens is 2. The predicted molar refractivity (Wildman–Crippen MR) is 109 cm³/mol. The van der Waals surface area contributed by atoms with Crippen molar-refractivity contribution >= 4 is 23.3 Å². The Morgan fingerprint density at radius 3 is 2.82 bits per heavy atom. The second-order valence-corrected chi connectivity index (χ2v) is 8.31. The number of hydrogen-bond acceptors (Lipinski definition) is 4. The molecule has 0 atom stereocenters. The number of aryl methyl sites for hydroxylation is 2. The number of amides is 3. The molecule has 150 valence electrons. The van der Waals surface area contributed by atoms with Crippen LogP contribution in [-0.2, 0) is 19.4 Å². The molecule has 2 aliphatic heterocycles. The molecule has 0 spiro atoms. The van der Waals surface area contributed by atoms with E-state index in [1.54, 1.807) is 0 Å². The summed E-state index contributed by atoms with van der Waals surface area (Å²) in [6.07, 6.45) is 7.97. The lowest BCUT2D eigenvalue weighted by molar-refractivity contribution is 0.0918. The maximum Gasteiger partial charge on any atom is 0.317 e. The van der Waals surface area contributed by atoms with Crippen LogP contribution in [0.3, 0.4) is 0 Å². The summed E-state index contributed by atoms with van der Waals surface area (Å²) in [5, 5.41) is 9.84. The van der Waals surface area contributed by atoms with E-state index in [2.05, 4.69) is 26.4 Å². The molecule has 2 N–H and O–H groups in total. The summed E-state index contributed by atoms with van der Waals surface area (Å²) in [4.78, 5) is 31.1. The molecule has 0 aliphatic carbocycles. The van der Waals surface area contributed by atoms with Gasteiger partial charge in [-0.3, -0.25) is 4.79 Å². The Bertz CT molecular complexity index is 785. The zero-order chi connectivity index (χ0) is 19.3. The molecule has 0 radical (unpaired) electrons. The first-order valence-corrected chi connectivity index (χ1v) is 11.0. The number of imidazole rings is 1. The van der Waals surface area contributed by atoms with Crippen molar-refractivity contribution in [2.45, 2.75) is 51.1 Å². The summed E-state index contributed by atoms with van der Waals surface area (Å²) in [5.41, 5.74) is 1.78. The molecule has 3 amide bonds. The minimum atomic E-state index is -0.0217. The van der Waals surface area contributed by atoms with Gasteiger partial charge in [0.2, 0.25) is 0 Å². The minimum Gasteiger partial charge on any atom is -0.349 e. The van der Waals surface area contributed by atoms with E-state index in [1.165, 1.54) is 30.0 Å². The lowest BCUT2D eigenvalue weighted by Crippen LogP contribution is -2.49. The molecule has 1 saturated heterocycles. The van der Waals surface area contributed by atoms with Crippen LogP contribution in [0.4, 0.5) is 4.79 Å². The monoisotopic (exact) mass is 401 g/mol. The maximum absolute atomic E-state index is 12.4. The number of fused-ring (bicyclic) bond motifs is 1. The third kappa shape index (κ3) is 4.55. The summed E-state index contributed by atoms with van der Waals surface area (Å²) in [7, 11) is 0. The lowest BCUT2D eigenvalue weighted by Gasteiger charge is -2.32. The van der Waals surface area contributed by atoms with E-state index >= 15 is 0 Å². The topological polar surface area (TPSA) is 79.3 Å². The largest absolute Gasteiger partial charge is 0.349 e. The van der Waals surface area contributed by atoms with E-state index in [4.69, 9.17) is 0 Å². The van der Waals surface area contributed by atoms with Gasteiger partial charge >= 0.3 is 6.03 Å². The van der Waals surface area contributed by atoms with Gasteiger partial charge in [0.25, 0.3) is 5.91 Å². The van der Waals surface area contributed by atoms with E-state index < -0.39 is 0 Å². The Labute approximate surface area is 169 Å². The van der Waals surface area contributed by atoms with Crippen LogP contribution in [0.15, 0.2) is 23.0 Å². The van der Waals surface area contributed by atoms with Crippen molar-refractivity contribution in [3.8, 4) is 0 Å². The average molecular weight is 402 g/mol. The van der Waals surface area contributed by atoms with E-state index in [-0.39, 0.29) is 18.0 Å². The van der Waals surface area contributed by atoms with E-state index in [9.17, 15) is 9.59 Å². The first-order valence-electron chi connectivity index (χ1n) is 10.1. The first-order chi connectivity index (χ1) is 13.7. The average Bonchev–Trinajstić information content (AvgIpc) is 3.38. The molecule has 2 aromatic rings. The SMILES string of the molecule is O=C(NC1CCN(C(=O)NCCc2cn3c(n2)CCCC3)CC1)c1ccsc1. The van der Waals surface area contributed by atoms with Gasteiger partial charge in [0.15, 0.2) is 0 Å². The van der Waals surface area contributed by atoms with Crippen LogP contribution in [0.2, 0.25) is 0 Å². The number of urea groups is 1. The molecule has 4 heterocycles. The highest BCUT2D eigenvalue weighted by atomic mass is 32.1. The van der Waals surface area contributed by atoms with Crippen LogP contribution < -0.4 is 10.6 Å². The van der Waals surface area contributed by atoms with E-state index in [0.717, 1.165) is 37.9 Å². The van der Waals surface area contributed by atoms with Gasteiger partial charge in [-0.15, -0.1) is 0 Å². The maximum atomic E-state index is 12.4. The zero-order valence-electron chi connectivity index (χ0n) is 16.0. The number of thiophene rings is 1. The van der Waals surface area contributed by atoms with Crippen molar-refractivity contribution in [3.63, 3.8) is 0 Å². The summed E-state index contributed by atoms with van der Waals surface area (Å²) >= 11 is 1.52. The normalized spacial score (nSPS) is 17.2. The zero-order valence-corrected chi connectivity index (χ0v) is 16.8. The van der Waals surface area contributed by atoms with Crippen molar-refractivity contribution in [3.05, 3.63) is 40.1 Å². The van der Waals surface area contributed by atoms with Crippen LogP contribution in [0.25, 0.3) is 0 Å². The van der Waals surface area contributed by atoms with E-state index in [0.29, 0.717) is 25.2 Å². The Morgan fingerprint density at radius 2 is 2.07 bits per heavy atom. The second-order valence-electron chi connectivity index (χ2n) is 7.53. The summed E-state index contributed by atoms with van der Waals surface area (Å²) in [6, 6.07) is 1.94. The predicted octanol–water partition coefficient (Wildman–Crippen LogP) is 2.43.